The zero-order chi connectivity index (χ0) is 17.1. The third-order valence-corrected chi connectivity index (χ3v) is 6.57. The SMILES string of the molecule is NS(=O)(=O)c1ccc(CCC(=O)NC[C@@H]2CCS(=O)(=O)C2)cc1. The number of aryl methyl sites for hydroxylation is 1. The third-order valence-electron chi connectivity index (χ3n) is 3.81. The number of hydrogen-bond acceptors (Lipinski definition) is 5. The van der Waals surface area contributed by atoms with E-state index in [1.165, 1.54) is 12.1 Å². The predicted molar refractivity (Wildman–Crippen MR) is 85.9 cm³/mol. The lowest BCUT2D eigenvalue weighted by molar-refractivity contribution is -0.121. The number of carbonyl (C=O) groups excluding carboxylic acids is 1. The highest BCUT2D eigenvalue weighted by Crippen LogP contribution is 2.17. The maximum atomic E-state index is 11.8. The molecule has 1 aliphatic rings. The molecule has 1 atom stereocenters. The predicted octanol–water partition coefficient (Wildman–Crippen LogP) is -0.182. The number of hydrogen-bond donors (Lipinski definition) is 2. The van der Waals surface area contributed by atoms with E-state index in [9.17, 15) is 21.6 Å². The van der Waals surface area contributed by atoms with Crippen LogP contribution in [0.25, 0.3) is 0 Å². The molecule has 1 aromatic rings. The molecule has 23 heavy (non-hydrogen) atoms. The molecule has 1 aliphatic heterocycles. The van der Waals surface area contributed by atoms with Crippen molar-refractivity contribution in [3.8, 4) is 0 Å². The summed E-state index contributed by atoms with van der Waals surface area (Å²) in [5.74, 6) is 0.189. The topological polar surface area (TPSA) is 123 Å². The summed E-state index contributed by atoms with van der Waals surface area (Å²) < 4.78 is 44.9. The van der Waals surface area contributed by atoms with Gasteiger partial charge in [0.25, 0.3) is 0 Å². The van der Waals surface area contributed by atoms with Crippen LogP contribution in [0.5, 0.6) is 0 Å². The van der Waals surface area contributed by atoms with Crippen molar-refractivity contribution in [1.29, 1.82) is 0 Å². The standard InChI is InChI=1S/C14H20N2O5S2/c15-23(20,21)13-4-1-11(2-5-13)3-6-14(17)16-9-12-7-8-22(18,19)10-12/h1-2,4-5,12H,3,6-10H2,(H,16,17)(H2,15,20,21)/t12-/m0/s1. The van der Waals surface area contributed by atoms with Gasteiger partial charge in [-0.3, -0.25) is 4.79 Å². The Hall–Kier alpha value is -1.45. The fourth-order valence-electron chi connectivity index (χ4n) is 2.48. The molecule has 128 valence electrons. The van der Waals surface area contributed by atoms with Gasteiger partial charge in [-0.15, -0.1) is 0 Å². The van der Waals surface area contributed by atoms with Crippen LogP contribution < -0.4 is 10.5 Å². The minimum absolute atomic E-state index is 0.00186. The lowest BCUT2D eigenvalue weighted by atomic mass is 10.1. The first-order chi connectivity index (χ1) is 10.7. The molecule has 1 saturated heterocycles. The van der Waals surface area contributed by atoms with Gasteiger partial charge in [0.2, 0.25) is 15.9 Å². The van der Waals surface area contributed by atoms with Crippen molar-refractivity contribution in [1.82, 2.24) is 5.32 Å². The summed E-state index contributed by atoms with van der Waals surface area (Å²) in [5, 5.41) is 7.76. The Morgan fingerprint density at radius 3 is 2.43 bits per heavy atom. The number of nitrogens with one attached hydrogen (secondary N) is 1. The zero-order valence-corrected chi connectivity index (χ0v) is 14.2. The monoisotopic (exact) mass is 360 g/mol. The number of amides is 1. The van der Waals surface area contributed by atoms with Crippen LogP contribution in [0.4, 0.5) is 0 Å². The highest BCUT2D eigenvalue weighted by molar-refractivity contribution is 7.91. The van der Waals surface area contributed by atoms with Crippen LogP contribution in [0.15, 0.2) is 29.2 Å². The first-order valence-electron chi connectivity index (χ1n) is 7.24. The maximum Gasteiger partial charge on any atom is 0.238 e. The highest BCUT2D eigenvalue weighted by atomic mass is 32.2. The van der Waals surface area contributed by atoms with E-state index in [2.05, 4.69) is 5.32 Å². The normalized spacial score (nSPS) is 20.3. The molecule has 9 heteroatoms. The quantitative estimate of drug-likeness (QED) is 0.728. The molecular formula is C14H20N2O5S2. The molecule has 0 bridgehead atoms. The molecule has 0 radical (unpaired) electrons. The van der Waals surface area contributed by atoms with Crippen molar-refractivity contribution >= 4 is 25.8 Å². The van der Waals surface area contributed by atoms with Crippen molar-refractivity contribution in [3.05, 3.63) is 29.8 Å². The summed E-state index contributed by atoms with van der Waals surface area (Å²) in [5.41, 5.74) is 0.830. The summed E-state index contributed by atoms with van der Waals surface area (Å²) in [4.78, 5) is 11.8. The Bertz CT molecular complexity index is 770. The molecule has 0 saturated carbocycles. The van der Waals surface area contributed by atoms with Gasteiger partial charge in [0.05, 0.1) is 16.4 Å². The van der Waals surface area contributed by atoms with Crippen LogP contribution in [0.3, 0.4) is 0 Å². The Labute approximate surface area is 136 Å². The molecule has 1 amide bonds. The van der Waals surface area contributed by atoms with E-state index in [1.807, 2.05) is 0 Å². The molecule has 1 heterocycles. The maximum absolute atomic E-state index is 11.8. The molecule has 0 aliphatic carbocycles. The van der Waals surface area contributed by atoms with Gasteiger partial charge >= 0.3 is 0 Å². The molecule has 1 fully saturated rings. The Morgan fingerprint density at radius 2 is 1.91 bits per heavy atom. The van der Waals surface area contributed by atoms with Gasteiger partial charge < -0.3 is 5.32 Å². The summed E-state index contributed by atoms with van der Waals surface area (Å²) in [6, 6.07) is 6.06. The largest absolute Gasteiger partial charge is 0.356 e. The van der Waals surface area contributed by atoms with E-state index in [0.29, 0.717) is 19.4 Å². The number of carbonyl (C=O) groups is 1. The van der Waals surface area contributed by atoms with Crippen LogP contribution in [0.2, 0.25) is 0 Å². The number of nitrogens with two attached hydrogens (primary N) is 1. The van der Waals surface area contributed by atoms with Crippen LogP contribution in [-0.4, -0.2) is 40.8 Å². The molecule has 0 aromatic heterocycles. The third kappa shape index (κ3) is 5.60. The number of primary sulfonamides is 1. The highest BCUT2D eigenvalue weighted by Gasteiger charge is 2.27. The smallest absolute Gasteiger partial charge is 0.238 e. The van der Waals surface area contributed by atoms with Gasteiger partial charge in [0.15, 0.2) is 9.84 Å². The molecule has 2 rings (SSSR count). The van der Waals surface area contributed by atoms with Gasteiger partial charge in [0, 0.05) is 13.0 Å². The zero-order valence-electron chi connectivity index (χ0n) is 12.6. The second-order valence-electron chi connectivity index (χ2n) is 5.76. The minimum Gasteiger partial charge on any atom is -0.356 e. The minimum atomic E-state index is -3.71. The van der Waals surface area contributed by atoms with Crippen LogP contribution in [0, 0.1) is 5.92 Å². The number of benzene rings is 1. The number of sulfonamides is 1. The Balaban J connectivity index is 1.76. The van der Waals surface area contributed by atoms with Crippen LogP contribution >= 0.6 is 0 Å². The van der Waals surface area contributed by atoms with Gasteiger partial charge in [-0.05, 0) is 36.5 Å². The van der Waals surface area contributed by atoms with Crippen molar-refractivity contribution in [2.75, 3.05) is 18.1 Å². The summed E-state index contributed by atoms with van der Waals surface area (Å²) in [6.45, 7) is 0.377. The lowest BCUT2D eigenvalue weighted by Crippen LogP contribution is -2.29. The fourth-order valence-corrected chi connectivity index (χ4v) is 4.86. The summed E-state index contributed by atoms with van der Waals surface area (Å²) in [7, 11) is -6.63. The molecule has 7 nitrogen and oxygen atoms in total. The van der Waals surface area contributed by atoms with E-state index in [1.54, 1.807) is 12.1 Å². The van der Waals surface area contributed by atoms with Gasteiger partial charge in [0.1, 0.15) is 0 Å². The van der Waals surface area contributed by atoms with Gasteiger partial charge in [-0.1, -0.05) is 12.1 Å². The van der Waals surface area contributed by atoms with Crippen LogP contribution in [-0.2, 0) is 31.1 Å². The number of rotatable bonds is 6. The molecular weight excluding hydrogens is 340 g/mol. The molecule has 0 unspecified atom stereocenters. The van der Waals surface area contributed by atoms with Gasteiger partial charge in [-0.25, -0.2) is 22.0 Å². The Kier molecular flexibility index (Phi) is 5.43. The van der Waals surface area contributed by atoms with Crippen molar-refractivity contribution < 1.29 is 21.6 Å². The second kappa shape index (κ2) is 6.98. The fraction of sp³-hybridized carbons (Fsp3) is 0.500. The van der Waals surface area contributed by atoms with Gasteiger partial charge in [-0.2, -0.15) is 0 Å². The van der Waals surface area contributed by atoms with Crippen LogP contribution in [0.1, 0.15) is 18.4 Å². The van der Waals surface area contributed by atoms with Crippen molar-refractivity contribution in [2.24, 2.45) is 11.1 Å². The molecule has 1 aromatic carbocycles. The average Bonchev–Trinajstić information content (AvgIpc) is 2.82. The van der Waals surface area contributed by atoms with Crippen molar-refractivity contribution in [3.63, 3.8) is 0 Å². The second-order valence-corrected chi connectivity index (χ2v) is 9.55. The number of sulfone groups is 1. The Morgan fingerprint density at radius 1 is 1.26 bits per heavy atom. The molecule has 3 N–H and O–H groups in total. The average molecular weight is 360 g/mol. The first-order valence-corrected chi connectivity index (χ1v) is 10.6. The van der Waals surface area contributed by atoms with E-state index in [0.717, 1.165) is 5.56 Å². The van der Waals surface area contributed by atoms with Crippen molar-refractivity contribution in [2.45, 2.75) is 24.2 Å². The summed E-state index contributed by atoms with van der Waals surface area (Å²) >= 11 is 0. The van der Waals surface area contributed by atoms with E-state index < -0.39 is 19.9 Å². The van der Waals surface area contributed by atoms with E-state index in [-0.39, 0.29) is 34.6 Å². The summed E-state index contributed by atoms with van der Waals surface area (Å²) in [6.07, 6.45) is 1.32. The molecule has 0 spiro atoms. The van der Waals surface area contributed by atoms with E-state index in [4.69, 9.17) is 5.14 Å². The first kappa shape index (κ1) is 17.9. The van der Waals surface area contributed by atoms with E-state index >= 15 is 0 Å². The lowest BCUT2D eigenvalue weighted by Gasteiger charge is -2.09.